The standard InChI is InChI=1S/C16H26N2O2/c1-3-9-19-15-11-14(18-7-5-17-6-8-18)12-16(13-15)20-10-4-2/h11-13,17H,3-10H2,1-2H3. The van der Waals surface area contributed by atoms with Crippen LogP contribution in [0.15, 0.2) is 18.2 Å². The second kappa shape index (κ2) is 8.00. The van der Waals surface area contributed by atoms with E-state index in [0.717, 1.165) is 63.7 Å². The third-order valence-electron chi connectivity index (χ3n) is 3.29. The van der Waals surface area contributed by atoms with Crippen LogP contribution in [-0.4, -0.2) is 39.4 Å². The second-order valence-corrected chi connectivity index (χ2v) is 5.10. The average molecular weight is 278 g/mol. The summed E-state index contributed by atoms with van der Waals surface area (Å²) in [5.74, 6) is 1.82. The fourth-order valence-corrected chi connectivity index (χ4v) is 2.27. The van der Waals surface area contributed by atoms with Gasteiger partial charge >= 0.3 is 0 Å². The van der Waals surface area contributed by atoms with Crippen molar-refractivity contribution in [2.24, 2.45) is 0 Å². The van der Waals surface area contributed by atoms with Gasteiger partial charge in [-0.25, -0.2) is 0 Å². The van der Waals surface area contributed by atoms with Crippen LogP contribution in [-0.2, 0) is 0 Å². The zero-order valence-corrected chi connectivity index (χ0v) is 12.7. The quantitative estimate of drug-likeness (QED) is 0.831. The molecule has 1 aromatic rings. The molecule has 1 saturated heterocycles. The Hall–Kier alpha value is -1.42. The SMILES string of the molecule is CCCOc1cc(OCCC)cc(N2CCNCC2)c1. The van der Waals surface area contributed by atoms with Crippen molar-refractivity contribution in [2.45, 2.75) is 26.7 Å². The third-order valence-corrected chi connectivity index (χ3v) is 3.29. The molecule has 112 valence electrons. The molecule has 4 heteroatoms. The van der Waals surface area contributed by atoms with Crippen LogP contribution in [0.5, 0.6) is 11.5 Å². The Kier molecular flexibility index (Phi) is 5.99. The largest absolute Gasteiger partial charge is 0.493 e. The zero-order valence-electron chi connectivity index (χ0n) is 12.7. The van der Waals surface area contributed by atoms with Crippen LogP contribution in [0.4, 0.5) is 5.69 Å². The van der Waals surface area contributed by atoms with E-state index >= 15 is 0 Å². The summed E-state index contributed by atoms with van der Waals surface area (Å²) in [6.07, 6.45) is 2.03. The molecule has 4 nitrogen and oxygen atoms in total. The Morgan fingerprint density at radius 3 is 2.00 bits per heavy atom. The van der Waals surface area contributed by atoms with Crippen LogP contribution in [0.1, 0.15) is 26.7 Å². The topological polar surface area (TPSA) is 33.7 Å². The van der Waals surface area contributed by atoms with Gasteiger partial charge in [-0.1, -0.05) is 13.8 Å². The summed E-state index contributed by atoms with van der Waals surface area (Å²) >= 11 is 0. The van der Waals surface area contributed by atoms with Crippen molar-refractivity contribution in [2.75, 3.05) is 44.3 Å². The normalized spacial score (nSPS) is 15.2. The van der Waals surface area contributed by atoms with Crippen molar-refractivity contribution in [3.8, 4) is 11.5 Å². The molecule has 0 bridgehead atoms. The molecule has 1 N–H and O–H groups in total. The summed E-state index contributed by atoms with van der Waals surface area (Å²) in [5, 5.41) is 3.38. The molecule has 1 aliphatic heterocycles. The molecular weight excluding hydrogens is 252 g/mol. The summed E-state index contributed by atoms with van der Waals surface area (Å²) < 4.78 is 11.6. The molecule has 0 radical (unpaired) electrons. The van der Waals surface area contributed by atoms with Crippen molar-refractivity contribution in [3.63, 3.8) is 0 Å². The lowest BCUT2D eigenvalue weighted by Gasteiger charge is -2.30. The summed E-state index contributed by atoms with van der Waals surface area (Å²) in [7, 11) is 0. The number of piperazine rings is 1. The van der Waals surface area contributed by atoms with E-state index in [1.807, 2.05) is 6.07 Å². The highest BCUT2D eigenvalue weighted by Gasteiger charge is 2.13. The van der Waals surface area contributed by atoms with Gasteiger partial charge in [-0.2, -0.15) is 0 Å². The Morgan fingerprint density at radius 1 is 0.950 bits per heavy atom. The molecule has 0 atom stereocenters. The van der Waals surface area contributed by atoms with Crippen LogP contribution < -0.4 is 19.7 Å². The van der Waals surface area contributed by atoms with Gasteiger partial charge in [0.05, 0.1) is 13.2 Å². The molecule has 20 heavy (non-hydrogen) atoms. The van der Waals surface area contributed by atoms with Gasteiger partial charge in [0.2, 0.25) is 0 Å². The van der Waals surface area contributed by atoms with Crippen LogP contribution in [0.2, 0.25) is 0 Å². The van der Waals surface area contributed by atoms with Crippen molar-refractivity contribution >= 4 is 5.69 Å². The lowest BCUT2D eigenvalue weighted by Crippen LogP contribution is -2.43. The molecule has 0 aliphatic carbocycles. The van der Waals surface area contributed by atoms with Gasteiger partial charge in [0, 0.05) is 50.1 Å². The molecule has 0 amide bonds. The first-order valence-corrected chi connectivity index (χ1v) is 7.70. The van der Waals surface area contributed by atoms with Crippen molar-refractivity contribution < 1.29 is 9.47 Å². The van der Waals surface area contributed by atoms with E-state index in [2.05, 4.69) is 36.2 Å². The average Bonchev–Trinajstić information content (AvgIpc) is 2.51. The molecule has 1 fully saturated rings. The van der Waals surface area contributed by atoms with Crippen LogP contribution in [0.3, 0.4) is 0 Å². The number of hydrogen-bond acceptors (Lipinski definition) is 4. The number of benzene rings is 1. The number of ether oxygens (including phenoxy) is 2. The van der Waals surface area contributed by atoms with Crippen LogP contribution >= 0.6 is 0 Å². The first-order chi connectivity index (χ1) is 9.83. The predicted molar refractivity (Wildman–Crippen MR) is 83.1 cm³/mol. The Balaban J connectivity index is 2.14. The molecule has 0 aromatic heterocycles. The van der Waals surface area contributed by atoms with E-state index in [0.29, 0.717) is 0 Å². The highest BCUT2D eigenvalue weighted by atomic mass is 16.5. The minimum absolute atomic E-state index is 0.748. The highest BCUT2D eigenvalue weighted by molar-refractivity contribution is 5.56. The van der Waals surface area contributed by atoms with Gasteiger partial charge in [-0.05, 0) is 12.8 Å². The highest BCUT2D eigenvalue weighted by Crippen LogP contribution is 2.29. The second-order valence-electron chi connectivity index (χ2n) is 5.10. The lowest BCUT2D eigenvalue weighted by molar-refractivity contribution is 0.301. The molecule has 0 saturated carbocycles. The minimum atomic E-state index is 0.748. The van der Waals surface area contributed by atoms with Crippen LogP contribution in [0, 0.1) is 0 Å². The fourth-order valence-electron chi connectivity index (χ4n) is 2.27. The zero-order chi connectivity index (χ0) is 14.2. The summed E-state index contributed by atoms with van der Waals surface area (Å²) in [4.78, 5) is 2.38. The summed E-state index contributed by atoms with van der Waals surface area (Å²) in [5.41, 5.74) is 1.20. The van der Waals surface area contributed by atoms with E-state index in [1.165, 1.54) is 5.69 Å². The summed E-state index contributed by atoms with van der Waals surface area (Å²) in [6.45, 7) is 9.87. The Bertz CT molecular complexity index is 377. The van der Waals surface area contributed by atoms with Gasteiger partial charge in [-0.3, -0.25) is 0 Å². The van der Waals surface area contributed by atoms with E-state index in [9.17, 15) is 0 Å². The maximum absolute atomic E-state index is 5.78. The smallest absolute Gasteiger partial charge is 0.125 e. The molecule has 1 aromatic carbocycles. The number of nitrogens with zero attached hydrogens (tertiary/aromatic N) is 1. The van der Waals surface area contributed by atoms with Crippen LogP contribution in [0.25, 0.3) is 0 Å². The number of nitrogens with one attached hydrogen (secondary N) is 1. The van der Waals surface area contributed by atoms with E-state index in [4.69, 9.17) is 9.47 Å². The monoisotopic (exact) mass is 278 g/mol. The van der Waals surface area contributed by atoms with E-state index in [-0.39, 0.29) is 0 Å². The number of hydrogen-bond donors (Lipinski definition) is 1. The van der Waals surface area contributed by atoms with Gasteiger partial charge in [0.25, 0.3) is 0 Å². The number of anilines is 1. The van der Waals surface area contributed by atoms with Gasteiger partial charge in [0.1, 0.15) is 11.5 Å². The van der Waals surface area contributed by atoms with Gasteiger partial charge in [-0.15, -0.1) is 0 Å². The first-order valence-electron chi connectivity index (χ1n) is 7.70. The van der Waals surface area contributed by atoms with Crippen molar-refractivity contribution in [1.29, 1.82) is 0 Å². The van der Waals surface area contributed by atoms with E-state index < -0.39 is 0 Å². The maximum Gasteiger partial charge on any atom is 0.125 e. The Morgan fingerprint density at radius 2 is 1.50 bits per heavy atom. The first kappa shape index (κ1) is 15.0. The molecule has 0 spiro atoms. The third kappa shape index (κ3) is 4.30. The predicted octanol–water partition coefficient (Wildman–Crippen LogP) is 2.67. The Labute approximate surface area is 122 Å². The van der Waals surface area contributed by atoms with Crippen molar-refractivity contribution in [1.82, 2.24) is 5.32 Å². The molecule has 1 heterocycles. The minimum Gasteiger partial charge on any atom is -0.493 e. The molecule has 1 aliphatic rings. The summed E-state index contributed by atoms with van der Waals surface area (Å²) in [6, 6.07) is 6.25. The van der Waals surface area contributed by atoms with E-state index in [1.54, 1.807) is 0 Å². The fraction of sp³-hybridized carbons (Fsp3) is 0.625. The van der Waals surface area contributed by atoms with Gasteiger partial charge in [0.15, 0.2) is 0 Å². The molecular formula is C16H26N2O2. The maximum atomic E-state index is 5.78. The lowest BCUT2D eigenvalue weighted by atomic mass is 10.2. The van der Waals surface area contributed by atoms with Gasteiger partial charge < -0.3 is 19.7 Å². The molecule has 2 rings (SSSR count). The van der Waals surface area contributed by atoms with Crippen molar-refractivity contribution in [3.05, 3.63) is 18.2 Å². The molecule has 0 unspecified atom stereocenters. The number of rotatable bonds is 7.